The summed E-state index contributed by atoms with van der Waals surface area (Å²) in [6, 6.07) is 11.9. The molecular formula is C25H34ClN3O3. The van der Waals surface area contributed by atoms with Crippen molar-refractivity contribution in [1.29, 1.82) is 0 Å². The summed E-state index contributed by atoms with van der Waals surface area (Å²) >= 11 is 6.73. The Morgan fingerprint density at radius 1 is 1.28 bits per heavy atom. The highest BCUT2D eigenvalue weighted by molar-refractivity contribution is 6.31. The third-order valence-electron chi connectivity index (χ3n) is 5.99. The van der Waals surface area contributed by atoms with E-state index in [2.05, 4.69) is 29.0 Å². The third-order valence-corrected chi connectivity index (χ3v) is 6.27. The summed E-state index contributed by atoms with van der Waals surface area (Å²) in [5, 5.41) is 3.37. The highest BCUT2D eigenvalue weighted by Crippen LogP contribution is 2.43. The molecule has 7 heteroatoms. The molecule has 32 heavy (non-hydrogen) atoms. The monoisotopic (exact) mass is 459 g/mol. The summed E-state index contributed by atoms with van der Waals surface area (Å²) < 4.78 is 11.6. The number of nitrogens with zero attached hydrogens (tertiary/aromatic N) is 2. The molecule has 1 fully saturated rings. The van der Waals surface area contributed by atoms with Crippen molar-refractivity contribution in [1.82, 2.24) is 15.2 Å². The van der Waals surface area contributed by atoms with Crippen molar-refractivity contribution >= 4 is 17.5 Å². The predicted octanol–water partition coefficient (Wildman–Crippen LogP) is 4.61. The van der Waals surface area contributed by atoms with Crippen LogP contribution in [0.5, 0.6) is 0 Å². The molecule has 1 N–H and O–H groups in total. The summed E-state index contributed by atoms with van der Waals surface area (Å²) in [4.78, 5) is 19.6. The first-order chi connectivity index (χ1) is 15.4. The van der Waals surface area contributed by atoms with Crippen LogP contribution in [-0.2, 0) is 15.2 Å². The Kier molecular flexibility index (Phi) is 8.65. The van der Waals surface area contributed by atoms with Gasteiger partial charge in [-0.3, -0.25) is 14.7 Å². The van der Waals surface area contributed by atoms with E-state index in [1.807, 2.05) is 37.3 Å². The van der Waals surface area contributed by atoms with Gasteiger partial charge in [-0.2, -0.15) is 0 Å². The first kappa shape index (κ1) is 24.6. The Morgan fingerprint density at radius 2 is 2.03 bits per heavy atom. The van der Waals surface area contributed by atoms with E-state index in [0.717, 1.165) is 31.4 Å². The van der Waals surface area contributed by atoms with Gasteiger partial charge in [-0.1, -0.05) is 41.9 Å². The predicted molar refractivity (Wildman–Crippen MR) is 127 cm³/mol. The fraction of sp³-hybridized carbons (Fsp3) is 0.520. The minimum absolute atomic E-state index is 0.174. The molecule has 1 aliphatic heterocycles. The molecule has 0 aliphatic carbocycles. The minimum atomic E-state index is -0.875. The number of nitrogens with one attached hydrogen (secondary N) is 1. The van der Waals surface area contributed by atoms with E-state index in [-0.39, 0.29) is 18.1 Å². The molecule has 2 atom stereocenters. The Morgan fingerprint density at radius 3 is 2.69 bits per heavy atom. The van der Waals surface area contributed by atoms with Gasteiger partial charge in [-0.15, -0.1) is 0 Å². The SMILES string of the molecule is COC(C)CCCCNC(=O)c1cnc(C2(c3ccccc3)OCCN2C(C)C)c(Cl)c1. The van der Waals surface area contributed by atoms with Crippen molar-refractivity contribution in [3.63, 3.8) is 0 Å². The van der Waals surface area contributed by atoms with Gasteiger partial charge in [0.1, 0.15) is 5.69 Å². The number of pyridine rings is 1. The second-order valence-electron chi connectivity index (χ2n) is 8.50. The molecule has 2 unspecified atom stereocenters. The largest absolute Gasteiger partial charge is 0.382 e. The number of carbonyl (C=O) groups excluding carboxylic acids is 1. The number of amides is 1. The van der Waals surface area contributed by atoms with Gasteiger partial charge in [-0.05, 0) is 46.1 Å². The van der Waals surface area contributed by atoms with E-state index in [9.17, 15) is 4.79 Å². The molecule has 1 saturated heterocycles. The molecule has 0 bridgehead atoms. The van der Waals surface area contributed by atoms with Gasteiger partial charge >= 0.3 is 0 Å². The molecule has 1 aromatic carbocycles. The zero-order valence-corrected chi connectivity index (χ0v) is 20.2. The van der Waals surface area contributed by atoms with Crippen molar-refractivity contribution in [3.05, 3.63) is 64.4 Å². The molecule has 0 spiro atoms. The van der Waals surface area contributed by atoms with E-state index in [4.69, 9.17) is 21.1 Å². The van der Waals surface area contributed by atoms with Crippen LogP contribution in [0.3, 0.4) is 0 Å². The van der Waals surface area contributed by atoms with Crippen LogP contribution in [0.15, 0.2) is 42.6 Å². The standard InChI is InChI=1S/C25H34ClN3O3/c1-18(2)29-14-15-32-25(29,21-11-6-5-7-12-21)23-22(26)16-20(17-28-23)24(30)27-13-9-8-10-19(3)31-4/h5-7,11-12,16-19H,8-10,13-15H2,1-4H3,(H,27,30). The molecule has 1 aliphatic rings. The quantitative estimate of drug-likeness (QED) is 0.525. The van der Waals surface area contributed by atoms with Crippen molar-refractivity contribution in [2.75, 3.05) is 26.8 Å². The molecule has 0 saturated carbocycles. The maximum Gasteiger partial charge on any atom is 0.252 e. The molecule has 3 rings (SSSR count). The number of hydrogen-bond acceptors (Lipinski definition) is 5. The number of unbranched alkanes of at least 4 members (excludes halogenated alkanes) is 1. The van der Waals surface area contributed by atoms with Gasteiger partial charge in [0.2, 0.25) is 0 Å². The minimum Gasteiger partial charge on any atom is -0.382 e. The average Bonchev–Trinajstić information content (AvgIpc) is 3.25. The van der Waals surface area contributed by atoms with Crippen molar-refractivity contribution in [2.24, 2.45) is 0 Å². The van der Waals surface area contributed by atoms with Gasteiger partial charge in [0, 0.05) is 38.0 Å². The lowest BCUT2D eigenvalue weighted by molar-refractivity contribution is -0.0681. The molecular weight excluding hydrogens is 426 g/mol. The highest BCUT2D eigenvalue weighted by Gasteiger charge is 2.49. The Balaban J connectivity index is 1.79. The smallest absolute Gasteiger partial charge is 0.252 e. The van der Waals surface area contributed by atoms with E-state index in [0.29, 0.717) is 29.4 Å². The van der Waals surface area contributed by atoms with Gasteiger partial charge in [0.25, 0.3) is 5.91 Å². The molecule has 2 heterocycles. The summed E-state index contributed by atoms with van der Waals surface area (Å²) in [6.45, 7) is 8.27. The van der Waals surface area contributed by atoms with Gasteiger partial charge in [0.05, 0.1) is 23.3 Å². The van der Waals surface area contributed by atoms with E-state index in [1.54, 1.807) is 19.4 Å². The van der Waals surface area contributed by atoms with Gasteiger partial charge in [0.15, 0.2) is 5.72 Å². The average molecular weight is 460 g/mol. The number of rotatable bonds is 10. The zero-order chi connectivity index (χ0) is 23.1. The number of ether oxygens (including phenoxy) is 2. The highest BCUT2D eigenvalue weighted by atomic mass is 35.5. The lowest BCUT2D eigenvalue weighted by Gasteiger charge is -2.39. The first-order valence-corrected chi connectivity index (χ1v) is 11.7. The van der Waals surface area contributed by atoms with Crippen LogP contribution in [0.25, 0.3) is 0 Å². The zero-order valence-electron chi connectivity index (χ0n) is 19.4. The molecule has 0 radical (unpaired) electrons. The fourth-order valence-electron chi connectivity index (χ4n) is 4.20. The van der Waals surface area contributed by atoms with Gasteiger partial charge < -0.3 is 14.8 Å². The van der Waals surface area contributed by atoms with Crippen LogP contribution >= 0.6 is 11.6 Å². The van der Waals surface area contributed by atoms with Crippen molar-refractivity contribution < 1.29 is 14.3 Å². The van der Waals surface area contributed by atoms with Crippen LogP contribution < -0.4 is 5.32 Å². The van der Waals surface area contributed by atoms with Crippen LogP contribution in [0.2, 0.25) is 5.02 Å². The summed E-state index contributed by atoms with van der Waals surface area (Å²) in [7, 11) is 1.71. The van der Waals surface area contributed by atoms with Gasteiger partial charge in [-0.25, -0.2) is 0 Å². The lowest BCUT2D eigenvalue weighted by atomic mass is 9.95. The molecule has 2 aromatic rings. The molecule has 1 aromatic heterocycles. The first-order valence-electron chi connectivity index (χ1n) is 11.3. The number of benzene rings is 1. The maximum absolute atomic E-state index is 12.6. The Hall–Kier alpha value is -1.99. The fourth-order valence-corrected chi connectivity index (χ4v) is 4.49. The van der Waals surface area contributed by atoms with Crippen LogP contribution in [-0.4, -0.2) is 54.7 Å². The van der Waals surface area contributed by atoms with E-state index in [1.165, 1.54) is 0 Å². The van der Waals surface area contributed by atoms with E-state index < -0.39 is 5.72 Å². The van der Waals surface area contributed by atoms with E-state index >= 15 is 0 Å². The number of hydrogen-bond donors (Lipinski definition) is 1. The second kappa shape index (κ2) is 11.2. The molecule has 174 valence electrons. The Bertz CT molecular complexity index is 893. The molecule has 1 amide bonds. The van der Waals surface area contributed by atoms with Crippen molar-refractivity contribution in [3.8, 4) is 0 Å². The number of halogens is 1. The summed E-state index contributed by atoms with van der Waals surface area (Å²) in [5.74, 6) is -0.174. The molecule has 6 nitrogen and oxygen atoms in total. The van der Waals surface area contributed by atoms with Crippen LogP contribution in [0.1, 0.15) is 61.6 Å². The summed E-state index contributed by atoms with van der Waals surface area (Å²) in [5.41, 5.74) is 1.16. The van der Waals surface area contributed by atoms with Crippen LogP contribution in [0.4, 0.5) is 0 Å². The Labute approximate surface area is 196 Å². The number of carbonyl (C=O) groups is 1. The second-order valence-corrected chi connectivity index (χ2v) is 8.91. The lowest BCUT2D eigenvalue weighted by Crippen LogP contribution is -2.47. The third kappa shape index (κ3) is 5.31. The van der Waals surface area contributed by atoms with Crippen LogP contribution in [0, 0.1) is 0 Å². The number of methoxy groups -OCH3 is 1. The topological polar surface area (TPSA) is 63.7 Å². The number of aromatic nitrogens is 1. The normalized spacial score (nSPS) is 19.9. The maximum atomic E-state index is 12.6. The summed E-state index contributed by atoms with van der Waals surface area (Å²) in [6.07, 6.45) is 4.69. The van der Waals surface area contributed by atoms with Crippen molar-refractivity contribution in [2.45, 2.75) is 57.9 Å².